The maximum atomic E-state index is 12.7. The van der Waals surface area contributed by atoms with Gasteiger partial charge in [0.1, 0.15) is 11.1 Å². The third kappa shape index (κ3) is 3.19. The van der Waals surface area contributed by atoms with Crippen molar-refractivity contribution >= 4 is 17.0 Å². The van der Waals surface area contributed by atoms with Crippen LogP contribution in [0.3, 0.4) is 0 Å². The number of hydrogen-bond acceptors (Lipinski definition) is 5. The van der Waals surface area contributed by atoms with E-state index in [9.17, 15) is 18.0 Å². The lowest BCUT2D eigenvalue weighted by atomic mass is 10.2. The summed E-state index contributed by atoms with van der Waals surface area (Å²) in [6, 6.07) is 3.95. The van der Waals surface area contributed by atoms with Crippen molar-refractivity contribution in [2.75, 3.05) is 0 Å². The highest BCUT2D eigenvalue weighted by atomic mass is 19.4. The zero-order chi connectivity index (χ0) is 17.5. The van der Waals surface area contributed by atoms with E-state index in [4.69, 9.17) is 15.4 Å². The molecule has 1 amide bonds. The van der Waals surface area contributed by atoms with E-state index >= 15 is 0 Å². The van der Waals surface area contributed by atoms with Gasteiger partial charge in [-0.25, -0.2) is 4.98 Å². The van der Waals surface area contributed by atoms with Crippen LogP contribution in [0.4, 0.5) is 13.2 Å². The highest BCUT2D eigenvalue weighted by molar-refractivity contribution is 5.83. The van der Waals surface area contributed by atoms with Crippen LogP contribution < -0.4 is 11.1 Å². The van der Waals surface area contributed by atoms with Gasteiger partial charge < -0.3 is 15.5 Å². The van der Waals surface area contributed by atoms with E-state index in [2.05, 4.69) is 10.3 Å². The molecule has 6 nitrogen and oxygen atoms in total. The van der Waals surface area contributed by atoms with E-state index in [0.29, 0.717) is 12.8 Å². The van der Waals surface area contributed by atoms with Crippen molar-refractivity contribution in [1.82, 2.24) is 10.3 Å². The number of rotatable bonds is 4. The Bertz CT molecular complexity index is 833. The van der Waals surface area contributed by atoms with Crippen LogP contribution in [0.2, 0.25) is 0 Å². The lowest BCUT2D eigenvalue weighted by Crippen LogP contribution is -2.47. The first-order valence-electron chi connectivity index (χ1n) is 7.18. The molecule has 24 heavy (non-hydrogen) atoms. The quantitative estimate of drug-likeness (QED) is 0.886. The summed E-state index contributed by atoms with van der Waals surface area (Å²) < 4.78 is 43.4. The third-order valence-corrected chi connectivity index (χ3v) is 3.82. The average Bonchev–Trinajstić information content (AvgIpc) is 3.16. The number of aromatic nitrogens is 1. The second-order valence-corrected chi connectivity index (χ2v) is 5.78. The van der Waals surface area contributed by atoms with E-state index in [0.717, 1.165) is 12.1 Å². The molecule has 0 aliphatic heterocycles. The molecule has 1 unspecified atom stereocenters. The summed E-state index contributed by atoms with van der Waals surface area (Å²) in [6.45, 7) is 0. The minimum Gasteiger partial charge on any atom is -0.441 e. The van der Waals surface area contributed by atoms with Gasteiger partial charge in [0.25, 0.3) is 0 Å². The number of alkyl halides is 3. The van der Waals surface area contributed by atoms with Gasteiger partial charge >= 0.3 is 6.18 Å². The van der Waals surface area contributed by atoms with E-state index in [1.54, 1.807) is 0 Å². The van der Waals surface area contributed by atoms with Crippen LogP contribution in [0, 0.1) is 11.3 Å². The molecule has 2 aromatic rings. The zero-order valence-corrected chi connectivity index (χ0v) is 12.4. The number of nitrogens with two attached hydrogens (primary N) is 1. The lowest BCUT2D eigenvalue weighted by molar-refractivity contribution is -0.137. The second kappa shape index (κ2) is 5.49. The van der Waals surface area contributed by atoms with Crippen molar-refractivity contribution in [1.29, 1.82) is 5.26 Å². The lowest BCUT2D eigenvalue weighted by Gasteiger charge is -2.13. The molecule has 1 aromatic carbocycles. The van der Waals surface area contributed by atoms with E-state index in [-0.39, 0.29) is 23.4 Å². The number of hydrogen-bond donors (Lipinski definition) is 2. The number of carbonyl (C=O) groups excluding carboxylic acids is 1. The van der Waals surface area contributed by atoms with Crippen LogP contribution >= 0.6 is 0 Å². The van der Waals surface area contributed by atoms with Gasteiger partial charge in [-0.15, -0.1) is 0 Å². The number of nitrogens with zero attached hydrogens (tertiary/aromatic N) is 2. The number of nitrogens with one attached hydrogen (secondary N) is 1. The van der Waals surface area contributed by atoms with Crippen molar-refractivity contribution < 1.29 is 22.4 Å². The van der Waals surface area contributed by atoms with Crippen molar-refractivity contribution in [2.24, 2.45) is 5.73 Å². The van der Waals surface area contributed by atoms with Gasteiger partial charge in [-0.3, -0.25) is 4.79 Å². The SMILES string of the molecule is N#CC1(NC(=O)C(N)Cc2nc3cc(C(F)(F)F)ccc3o2)CC1. The summed E-state index contributed by atoms with van der Waals surface area (Å²) in [7, 11) is 0. The Labute approximate surface area is 134 Å². The van der Waals surface area contributed by atoms with Crippen LogP contribution in [-0.4, -0.2) is 22.5 Å². The van der Waals surface area contributed by atoms with Crippen LogP contribution in [-0.2, 0) is 17.4 Å². The Morgan fingerprint density at radius 3 is 2.79 bits per heavy atom. The summed E-state index contributed by atoms with van der Waals surface area (Å²) in [5.74, 6) is -0.457. The summed E-state index contributed by atoms with van der Waals surface area (Å²) in [4.78, 5) is 15.9. The van der Waals surface area contributed by atoms with Crippen LogP contribution in [0.25, 0.3) is 11.1 Å². The Balaban J connectivity index is 1.73. The fourth-order valence-electron chi connectivity index (χ4n) is 2.24. The molecule has 1 saturated carbocycles. The normalized spacial score (nSPS) is 17.3. The minimum absolute atomic E-state index is 0.0446. The standard InChI is InChI=1S/C15H13F3N4O2/c16-15(17,18)8-1-2-11-10(5-8)21-12(24-11)6-9(20)13(23)22-14(7-19)3-4-14/h1-2,5,9H,3-4,6,20H2,(H,22,23). The van der Waals surface area contributed by atoms with Crippen LogP contribution in [0.5, 0.6) is 0 Å². The second-order valence-electron chi connectivity index (χ2n) is 5.78. The smallest absolute Gasteiger partial charge is 0.416 e. The fourth-order valence-corrected chi connectivity index (χ4v) is 2.24. The van der Waals surface area contributed by atoms with Gasteiger partial charge in [0.05, 0.1) is 17.7 Å². The maximum absolute atomic E-state index is 12.7. The molecule has 0 spiro atoms. The molecule has 0 bridgehead atoms. The van der Waals surface area contributed by atoms with Crippen LogP contribution in [0.1, 0.15) is 24.3 Å². The van der Waals surface area contributed by atoms with Gasteiger partial charge in [-0.05, 0) is 31.0 Å². The van der Waals surface area contributed by atoms with Crippen molar-refractivity contribution in [2.45, 2.75) is 37.0 Å². The monoisotopic (exact) mass is 338 g/mol. The molecule has 0 radical (unpaired) electrons. The maximum Gasteiger partial charge on any atom is 0.416 e. The average molecular weight is 338 g/mol. The molecular weight excluding hydrogens is 325 g/mol. The molecule has 3 N–H and O–H groups in total. The molecule has 1 fully saturated rings. The van der Waals surface area contributed by atoms with Crippen molar-refractivity contribution in [3.05, 3.63) is 29.7 Å². The van der Waals surface area contributed by atoms with Gasteiger partial charge in [-0.1, -0.05) is 0 Å². The molecule has 9 heteroatoms. The first kappa shape index (κ1) is 16.3. The highest BCUT2D eigenvalue weighted by Crippen LogP contribution is 2.34. The molecule has 0 saturated heterocycles. The third-order valence-electron chi connectivity index (χ3n) is 3.82. The first-order valence-corrected chi connectivity index (χ1v) is 7.18. The number of amides is 1. The Morgan fingerprint density at radius 2 is 2.21 bits per heavy atom. The predicted octanol–water partition coefficient (Wildman–Crippen LogP) is 1.89. The molecule has 126 valence electrons. The number of nitriles is 1. The molecule has 1 heterocycles. The molecular formula is C15H13F3N4O2. The Morgan fingerprint density at radius 1 is 1.50 bits per heavy atom. The first-order chi connectivity index (χ1) is 11.2. The minimum atomic E-state index is -4.47. The number of oxazole rings is 1. The van der Waals surface area contributed by atoms with Gasteiger partial charge in [0.15, 0.2) is 11.5 Å². The van der Waals surface area contributed by atoms with E-state index in [1.807, 2.05) is 6.07 Å². The molecule has 3 rings (SSSR count). The van der Waals surface area contributed by atoms with Gasteiger partial charge in [0.2, 0.25) is 5.91 Å². The topological polar surface area (TPSA) is 105 Å². The summed E-state index contributed by atoms with van der Waals surface area (Å²) >= 11 is 0. The summed E-state index contributed by atoms with van der Waals surface area (Å²) in [5, 5.41) is 11.5. The Hall–Kier alpha value is -2.60. The molecule has 1 aliphatic rings. The predicted molar refractivity (Wildman–Crippen MR) is 76.4 cm³/mol. The van der Waals surface area contributed by atoms with Gasteiger partial charge in [-0.2, -0.15) is 18.4 Å². The van der Waals surface area contributed by atoms with E-state index in [1.165, 1.54) is 6.07 Å². The largest absolute Gasteiger partial charge is 0.441 e. The molecule has 1 aromatic heterocycles. The zero-order valence-electron chi connectivity index (χ0n) is 12.4. The number of halogens is 3. The summed E-state index contributed by atoms with van der Waals surface area (Å²) in [5.41, 5.74) is 4.32. The number of fused-ring (bicyclic) bond motifs is 1. The molecule has 1 aliphatic carbocycles. The Kier molecular flexibility index (Phi) is 3.72. The van der Waals surface area contributed by atoms with Crippen molar-refractivity contribution in [3.63, 3.8) is 0 Å². The van der Waals surface area contributed by atoms with Crippen molar-refractivity contribution in [3.8, 4) is 6.07 Å². The van der Waals surface area contributed by atoms with E-state index < -0.39 is 29.2 Å². The van der Waals surface area contributed by atoms with Gasteiger partial charge in [0, 0.05) is 6.42 Å². The number of benzene rings is 1. The van der Waals surface area contributed by atoms with Crippen LogP contribution in [0.15, 0.2) is 22.6 Å². The highest BCUT2D eigenvalue weighted by Gasteiger charge is 2.45. The summed E-state index contributed by atoms with van der Waals surface area (Å²) in [6.07, 6.45) is -3.40. The number of carbonyl (C=O) groups is 1. The molecule has 1 atom stereocenters. The fraction of sp³-hybridized carbons (Fsp3) is 0.400.